The summed E-state index contributed by atoms with van der Waals surface area (Å²) in [4.78, 5) is 0. The minimum Gasteiger partial charge on any atom is -0.314 e. The van der Waals surface area contributed by atoms with E-state index in [1.807, 2.05) is 13.8 Å². The zero-order chi connectivity index (χ0) is 13.8. The lowest BCUT2D eigenvalue weighted by molar-refractivity contribution is 0.397. The molecule has 1 aromatic carbocycles. The Hall–Kier alpha value is -1.33. The fraction of sp³-hybridized carbons (Fsp3) is 0.562. The lowest BCUT2D eigenvalue weighted by atomic mass is 9.84. The van der Waals surface area contributed by atoms with Crippen molar-refractivity contribution in [1.29, 1.82) is 5.26 Å². The molecule has 18 heavy (non-hydrogen) atoms. The average molecular weight is 244 g/mol. The van der Waals surface area contributed by atoms with Crippen LogP contribution in [0.2, 0.25) is 0 Å². The van der Waals surface area contributed by atoms with E-state index in [1.165, 1.54) is 11.1 Å². The molecule has 98 valence electrons. The lowest BCUT2D eigenvalue weighted by Gasteiger charge is -2.27. The fourth-order valence-electron chi connectivity index (χ4n) is 1.83. The van der Waals surface area contributed by atoms with Crippen LogP contribution in [0.3, 0.4) is 0 Å². The molecule has 0 aliphatic rings. The van der Waals surface area contributed by atoms with Crippen LogP contribution >= 0.6 is 0 Å². The van der Waals surface area contributed by atoms with Crippen LogP contribution in [0.4, 0.5) is 0 Å². The highest BCUT2D eigenvalue weighted by Gasteiger charge is 2.22. The lowest BCUT2D eigenvalue weighted by Crippen LogP contribution is -2.37. The summed E-state index contributed by atoms with van der Waals surface area (Å²) in [6, 6.07) is 11.0. The van der Waals surface area contributed by atoms with E-state index in [1.54, 1.807) is 0 Å². The van der Waals surface area contributed by atoms with Crippen LogP contribution in [-0.4, -0.2) is 13.1 Å². The number of nitrogens with one attached hydrogen (secondary N) is 1. The highest BCUT2D eigenvalue weighted by atomic mass is 14.9. The number of nitrogens with zero attached hydrogens (tertiary/aromatic N) is 1. The SMILES string of the molecule is Cc1ccc(C(C)(C)CNCC(C)(C)C#N)cc1. The van der Waals surface area contributed by atoms with Crippen molar-refractivity contribution in [3.05, 3.63) is 35.4 Å². The summed E-state index contributed by atoms with van der Waals surface area (Å²) in [6.45, 7) is 12.1. The van der Waals surface area contributed by atoms with Crippen LogP contribution in [0.5, 0.6) is 0 Å². The third-order valence-corrected chi connectivity index (χ3v) is 3.27. The molecular formula is C16H24N2. The standard InChI is InChI=1S/C16H24N2/c1-13-6-8-14(9-7-13)16(4,5)12-18-11-15(2,3)10-17/h6-9,18H,11-12H2,1-5H3. The Labute approximate surface area is 111 Å². The van der Waals surface area contributed by atoms with Gasteiger partial charge in [-0.25, -0.2) is 0 Å². The Kier molecular flexibility index (Phi) is 4.53. The molecule has 1 N–H and O–H groups in total. The van der Waals surface area contributed by atoms with Crippen LogP contribution < -0.4 is 5.32 Å². The molecular weight excluding hydrogens is 220 g/mol. The molecule has 2 heteroatoms. The summed E-state index contributed by atoms with van der Waals surface area (Å²) in [5, 5.41) is 12.4. The molecule has 0 fully saturated rings. The molecule has 2 nitrogen and oxygen atoms in total. The Bertz CT molecular complexity index is 421. The van der Waals surface area contributed by atoms with Gasteiger partial charge in [-0.15, -0.1) is 0 Å². The van der Waals surface area contributed by atoms with E-state index in [-0.39, 0.29) is 10.8 Å². The van der Waals surface area contributed by atoms with Crippen molar-refractivity contribution in [2.75, 3.05) is 13.1 Å². The van der Waals surface area contributed by atoms with Gasteiger partial charge in [-0.2, -0.15) is 5.26 Å². The molecule has 0 radical (unpaired) electrons. The average Bonchev–Trinajstić information content (AvgIpc) is 2.29. The van der Waals surface area contributed by atoms with E-state index in [2.05, 4.69) is 56.4 Å². The van der Waals surface area contributed by atoms with Crippen molar-refractivity contribution in [3.8, 4) is 6.07 Å². The van der Waals surface area contributed by atoms with Crippen LogP contribution in [-0.2, 0) is 5.41 Å². The maximum absolute atomic E-state index is 8.98. The van der Waals surface area contributed by atoms with Gasteiger partial charge in [0.2, 0.25) is 0 Å². The van der Waals surface area contributed by atoms with E-state index < -0.39 is 0 Å². The largest absolute Gasteiger partial charge is 0.314 e. The first-order valence-electron chi connectivity index (χ1n) is 6.46. The summed E-state index contributed by atoms with van der Waals surface area (Å²) in [5.41, 5.74) is 2.39. The third-order valence-electron chi connectivity index (χ3n) is 3.27. The van der Waals surface area contributed by atoms with Gasteiger partial charge in [0.15, 0.2) is 0 Å². The first-order valence-corrected chi connectivity index (χ1v) is 6.46. The Morgan fingerprint density at radius 1 is 1.06 bits per heavy atom. The zero-order valence-electron chi connectivity index (χ0n) is 12.2. The van der Waals surface area contributed by atoms with Gasteiger partial charge in [0.25, 0.3) is 0 Å². The number of hydrogen-bond donors (Lipinski definition) is 1. The predicted molar refractivity (Wildman–Crippen MR) is 76.5 cm³/mol. The minimum absolute atomic E-state index is 0.0826. The minimum atomic E-state index is -0.302. The van der Waals surface area contributed by atoms with Crippen molar-refractivity contribution in [2.24, 2.45) is 5.41 Å². The van der Waals surface area contributed by atoms with Crippen molar-refractivity contribution in [2.45, 2.75) is 40.0 Å². The van der Waals surface area contributed by atoms with E-state index in [4.69, 9.17) is 5.26 Å². The van der Waals surface area contributed by atoms with E-state index in [0.29, 0.717) is 0 Å². The Morgan fingerprint density at radius 2 is 1.61 bits per heavy atom. The fourth-order valence-corrected chi connectivity index (χ4v) is 1.83. The molecule has 0 saturated carbocycles. The second-order valence-corrected chi connectivity index (χ2v) is 6.35. The number of aryl methyl sites for hydroxylation is 1. The normalized spacial score (nSPS) is 12.2. The highest BCUT2D eigenvalue weighted by molar-refractivity contribution is 5.27. The van der Waals surface area contributed by atoms with Gasteiger partial charge in [-0.05, 0) is 26.3 Å². The van der Waals surface area contributed by atoms with Crippen LogP contribution in [0.15, 0.2) is 24.3 Å². The molecule has 0 aliphatic heterocycles. The quantitative estimate of drug-likeness (QED) is 0.861. The maximum Gasteiger partial charge on any atom is 0.0697 e. The smallest absolute Gasteiger partial charge is 0.0697 e. The summed E-state index contributed by atoms with van der Waals surface area (Å²) >= 11 is 0. The summed E-state index contributed by atoms with van der Waals surface area (Å²) < 4.78 is 0. The second-order valence-electron chi connectivity index (χ2n) is 6.35. The molecule has 1 rings (SSSR count). The molecule has 0 atom stereocenters. The van der Waals surface area contributed by atoms with E-state index in [9.17, 15) is 0 Å². The Balaban J connectivity index is 2.60. The number of benzene rings is 1. The van der Waals surface area contributed by atoms with Crippen molar-refractivity contribution in [3.63, 3.8) is 0 Å². The molecule has 0 heterocycles. The summed E-state index contributed by atoms with van der Waals surface area (Å²) in [5.74, 6) is 0. The summed E-state index contributed by atoms with van der Waals surface area (Å²) in [7, 11) is 0. The van der Waals surface area contributed by atoms with Gasteiger partial charge in [-0.1, -0.05) is 43.7 Å². The van der Waals surface area contributed by atoms with E-state index >= 15 is 0 Å². The van der Waals surface area contributed by atoms with Gasteiger partial charge in [-0.3, -0.25) is 0 Å². The molecule has 0 amide bonds. The molecule has 1 aromatic rings. The highest BCUT2D eigenvalue weighted by Crippen LogP contribution is 2.23. The molecule has 0 aliphatic carbocycles. The van der Waals surface area contributed by atoms with Crippen molar-refractivity contribution < 1.29 is 0 Å². The van der Waals surface area contributed by atoms with Gasteiger partial charge in [0.05, 0.1) is 11.5 Å². The molecule has 0 aromatic heterocycles. The van der Waals surface area contributed by atoms with Crippen LogP contribution in [0.25, 0.3) is 0 Å². The molecule has 0 spiro atoms. The van der Waals surface area contributed by atoms with Crippen LogP contribution in [0, 0.1) is 23.7 Å². The van der Waals surface area contributed by atoms with Crippen LogP contribution in [0.1, 0.15) is 38.8 Å². The first kappa shape index (κ1) is 14.7. The number of rotatable bonds is 5. The van der Waals surface area contributed by atoms with Gasteiger partial charge in [0, 0.05) is 18.5 Å². The van der Waals surface area contributed by atoms with E-state index in [0.717, 1.165) is 13.1 Å². The second kappa shape index (κ2) is 5.54. The van der Waals surface area contributed by atoms with Crippen molar-refractivity contribution in [1.82, 2.24) is 5.32 Å². The molecule has 0 bridgehead atoms. The summed E-state index contributed by atoms with van der Waals surface area (Å²) in [6.07, 6.45) is 0. The van der Waals surface area contributed by atoms with Crippen molar-refractivity contribution >= 4 is 0 Å². The van der Waals surface area contributed by atoms with Gasteiger partial charge < -0.3 is 5.32 Å². The predicted octanol–water partition coefficient (Wildman–Crippen LogP) is 3.41. The van der Waals surface area contributed by atoms with Gasteiger partial charge >= 0.3 is 0 Å². The first-order chi connectivity index (χ1) is 8.27. The monoisotopic (exact) mass is 244 g/mol. The maximum atomic E-state index is 8.98. The number of nitriles is 1. The zero-order valence-corrected chi connectivity index (χ0v) is 12.2. The van der Waals surface area contributed by atoms with Gasteiger partial charge in [0.1, 0.15) is 0 Å². The third kappa shape index (κ3) is 4.16. The Morgan fingerprint density at radius 3 is 2.11 bits per heavy atom. The number of hydrogen-bond acceptors (Lipinski definition) is 2. The molecule has 0 saturated heterocycles. The molecule has 0 unspecified atom stereocenters. The topological polar surface area (TPSA) is 35.8 Å².